The maximum Gasteiger partial charge on any atom is 0.231 e. The van der Waals surface area contributed by atoms with Gasteiger partial charge in [-0.3, -0.25) is 4.79 Å². The molecule has 3 N–H and O–H groups in total. The number of nitrogens with one attached hydrogen (secondary N) is 1. The first-order valence-corrected chi connectivity index (χ1v) is 6.41. The van der Waals surface area contributed by atoms with Crippen molar-refractivity contribution < 1.29 is 9.53 Å². The molecule has 0 aromatic heterocycles. The summed E-state index contributed by atoms with van der Waals surface area (Å²) in [5.74, 6) is 0.336. The van der Waals surface area contributed by atoms with Crippen LogP contribution in [0.2, 0.25) is 0 Å². The minimum absolute atomic E-state index is 0.0898. The molecule has 2 aromatic rings. The molecule has 0 spiro atoms. The number of ether oxygens (including phenoxy) is 1. The Labute approximate surface area is 118 Å². The number of hydrogen-bond acceptors (Lipinski definition) is 3. The number of carbonyl (C=O) groups is 1. The lowest BCUT2D eigenvalue weighted by Gasteiger charge is -2.14. The number of amides is 1. The predicted molar refractivity (Wildman–Crippen MR) is 80.9 cm³/mol. The second-order valence-corrected chi connectivity index (χ2v) is 4.57. The van der Waals surface area contributed by atoms with Crippen LogP contribution in [0.25, 0.3) is 0 Å². The van der Waals surface area contributed by atoms with Gasteiger partial charge in [0.1, 0.15) is 5.75 Å². The molecular formula is C16H18N2O2. The van der Waals surface area contributed by atoms with Crippen LogP contribution >= 0.6 is 0 Å². The third kappa shape index (κ3) is 3.09. The van der Waals surface area contributed by atoms with E-state index in [1.165, 1.54) is 0 Å². The number of nitrogen functional groups attached to an aromatic ring is 1. The van der Waals surface area contributed by atoms with Gasteiger partial charge in [-0.1, -0.05) is 30.3 Å². The normalized spacial score (nSPS) is 11.7. The monoisotopic (exact) mass is 270 g/mol. The number of anilines is 2. The van der Waals surface area contributed by atoms with Crippen LogP contribution in [0.3, 0.4) is 0 Å². The Kier molecular flexibility index (Phi) is 4.25. The fourth-order valence-electron chi connectivity index (χ4n) is 1.92. The van der Waals surface area contributed by atoms with Crippen molar-refractivity contribution in [3.63, 3.8) is 0 Å². The number of nitrogens with two attached hydrogens (primary N) is 1. The fourth-order valence-corrected chi connectivity index (χ4v) is 1.92. The van der Waals surface area contributed by atoms with Gasteiger partial charge in [0.25, 0.3) is 0 Å². The molecule has 0 aliphatic heterocycles. The van der Waals surface area contributed by atoms with Gasteiger partial charge < -0.3 is 15.8 Å². The van der Waals surface area contributed by atoms with Crippen molar-refractivity contribution in [2.45, 2.75) is 12.8 Å². The highest BCUT2D eigenvalue weighted by Crippen LogP contribution is 2.25. The van der Waals surface area contributed by atoms with Gasteiger partial charge in [-0.2, -0.15) is 0 Å². The fraction of sp³-hybridized carbons (Fsp3) is 0.188. The van der Waals surface area contributed by atoms with Gasteiger partial charge in [0.2, 0.25) is 5.91 Å². The van der Waals surface area contributed by atoms with Crippen LogP contribution in [-0.2, 0) is 4.79 Å². The first-order valence-electron chi connectivity index (χ1n) is 6.41. The van der Waals surface area contributed by atoms with Crippen molar-refractivity contribution in [1.29, 1.82) is 0 Å². The number of methoxy groups -OCH3 is 1. The minimum atomic E-state index is -0.238. The van der Waals surface area contributed by atoms with Crippen LogP contribution < -0.4 is 15.8 Å². The quantitative estimate of drug-likeness (QED) is 0.839. The summed E-state index contributed by atoms with van der Waals surface area (Å²) in [4.78, 5) is 12.2. The molecule has 1 amide bonds. The smallest absolute Gasteiger partial charge is 0.231 e. The third-order valence-corrected chi connectivity index (χ3v) is 3.21. The van der Waals surface area contributed by atoms with E-state index in [0.717, 1.165) is 5.56 Å². The van der Waals surface area contributed by atoms with Crippen LogP contribution in [0.1, 0.15) is 18.4 Å². The summed E-state index contributed by atoms with van der Waals surface area (Å²) in [5.41, 5.74) is 7.94. The molecule has 0 bridgehead atoms. The van der Waals surface area contributed by atoms with Crippen molar-refractivity contribution in [3.8, 4) is 5.75 Å². The molecule has 104 valence electrons. The van der Waals surface area contributed by atoms with Crippen molar-refractivity contribution in [2.75, 3.05) is 18.2 Å². The van der Waals surface area contributed by atoms with Crippen molar-refractivity contribution in [1.82, 2.24) is 0 Å². The SMILES string of the molecule is COc1ccc(NC(=O)C(C)c2ccccc2)c(N)c1. The molecule has 1 unspecified atom stereocenters. The molecular weight excluding hydrogens is 252 g/mol. The molecule has 0 heterocycles. The highest BCUT2D eigenvalue weighted by atomic mass is 16.5. The Hall–Kier alpha value is -2.49. The second-order valence-electron chi connectivity index (χ2n) is 4.57. The molecule has 0 aliphatic rings. The third-order valence-electron chi connectivity index (χ3n) is 3.21. The molecule has 0 saturated carbocycles. The van der Waals surface area contributed by atoms with Gasteiger partial charge in [0.05, 0.1) is 24.4 Å². The Morgan fingerprint density at radius 1 is 1.20 bits per heavy atom. The largest absolute Gasteiger partial charge is 0.497 e. The summed E-state index contributed by atoms with van der Waals surface area (Å²) >= 11 is 0. The molecule has 0 aliphatic carbocycles. The Morgan fingerprint density at radius 3 is 2.50 bits per heavy atom. The summed E-state index contributed by atoms with van der Waals surface area (Å²) in [6, 6.07) is 14.8. The van der Waals surface area contributed by atoms with Crippen LogP contribution in [0.5, 0.6) is 5.75 Å². The van der Waals surface area contributed by atoms with Crippen LogP contribution in [0, 0.1) is 0 Å². The first-order chi connectivity index (χ1) is 9.61. The zero-order valence-electron chi connectivity index (χ0n) is 11.6. The minimum Gasteiger partial charge on any atom is -0.497 e. The van der Waals surface area contributed by atoms with E-state index in [1.54, 1.807) is 25.3 Å². The number of carbonyl (C=O) groups excluding carboxylic acids is 1. The Morgan fingerprint density at radius 2 is 1.90 bits per heavy atom. The van der Waals surface area contributed by atoms with Gasteiger partial charge in [-0.25, -0.2) is 0 Å². The Bertz CT molecular complexity index is 597. The number of hydrogen-bond donors (Lipinski definition) is 2. The summed E-state index contributed by atoms with van der Waals surface area (Å²) in [7, 11) is 1.57. The second kappa shape index (κ2) is 6.10. The molecule has 4 nitrogen and oxygen atoms in total. The summed E-state index contributed by atoms with van der Waals surface area (Å²) in [6.07, 6.45) is 0. The van der Waals surface area contributed by atoms with E-state index in [4.69, 9.17) is 10.5 Å². The van der Waals surface area contributed by atoms with E-state index < -0.39 is 0 Å². The number of rotatable bonds is 4. The summed E-state index contributed by atoms with van der Waals surface area (Å²) in [6.45, 7) is 1.87. The molecule has 2 aromatic carbocycles. The van der Waals surface area contributed by atoms with E-state index in [0.29, 0.717) is 17.1 Å². The van der Waals surface area contributed by atoms with Gasteiger partial charge in [0, 0.05) is 6.07 Å². The molecule has 2 rings (SSSR count). The average Bonchev–Trinajstić information content (AvgIpc) is 2.49. The van der Waals surface area contributed by atoms with Gasteiger partial charge in [-0.15, -0.1) is 0 Å². The van der Waals surface area contributed by atoms with E-state index in [-0.39, 0.29) is 11.8 Å². The van der Waals surface area contributed by atoms with Crippen molar-refractivity contribution in [2.24, 2.45) is 0 Å². The van der Waals surface area contributed by atoms with Gasteiger partial charge >= 0.3 is 0 Å². The zero-order valence-corrected chi connectivity index (χ0v) is 11.6. The lowest BCUT2D eigenvalue weighted by molar-refractivity contribution is -0.117. The van der Waals surface area contributed by atoms with Crippen molar-refractivity contribution in [3.05, 3.63) is 54.1 Å². The van der Waals surface area contributed by atoms with Crippen LogP contribution in [0.15, 0.2) is 48.5 Å². The topological polar surface area (TPSA) is 64.3 Å². The van der Waals surface area contributed by atoms with E-state index in [2.05, 4.69) is 5.32 Å². The summed E-state index contributed by atoms with van der Waals surface area (Å²) < 4.78 is 5.08. The highest BCUT2D eigenvalue weighted by molar-refractivity contribution is 5.98. The zero-order chi connectivity index (χ0) is 14.5. The molecule has 4 heteroatoms. The lowest BCUT2D eigenvalue weighted by atomic mass is 10.0. The average molecular weight is 270 g/mol. The maximum absolute atomic E-state index is 12.2. The van der Waals surface area contributed by atoms with E-state index >= 15 is 0 Å². The van der Waals surface area contributed by atoms with Gasteiger partial charge in [-0.05, 0) is 24.6 Å². The van der Waals surface area contributed by atoms with Crippen molar-refractivity contribution >= 4 is 17.3 Å². The molecule has 0 radical (unpaired) electrons. The highest BCUT2D eigenvalue weighted by Gasteiger charge is 2.16. The molecule has 0 fully saturated rings. The van der Waals surface area contributed by atoms with E-state index in [9.17, 15) is 4.79 Å². The molecule has 1 atom stereocenters. The van der Waals surface area contributed by atoms with E-state index in [1.807, 2.05) is 37.3 Å². The van der Waals surface area contributed by atoms with Crippen LogP contribution in [0.4, 0.5) is 11.4 Å². The molecule has 0 saturated heterocycles. The van der Waals surface area contributed by atoms with Gasteiger partial charge in [0.15, 0.2) is 0 Å². The standard InChI is InChI=1S/C16H18N2O2/c1-11(12-6-4-3-5-7-12)16(19)18-15-9-8-13(20-2)10-14(15)17/h3-11H,17H2,1-2H3,(H,18,19). The first kappa shape index (κ1) is 13.9. The number of benzene rings is 2. The predicted octanol–water partition coefficient (Wildman–Crippen LogP) is 3.02. The maximum atomic E-state index is 12.2. The van der Waals surface area contributed by atoms with Crippen LogP contribution in [-0.4, -0.2) is 13.0 Å². The Balaban J connectivity index is 2.12. The summed E-state index contributed by atoms with van der Waals surface area (Å²) in [5, 5.41) is 2.84. The molecule has 20 heavy (non-hydrogen) atoms. The lowest BCUT2D eigenvalue weighted by Crippen LogP contribution is -2.19.